The molecule has 6 rings (SSSR count). The lowest BCUT2D eigenvalue weighted by molar-refractivity contribution is -0.191. The Morgan fingerprint density at radius 3 is 2.31 bits per heavy atom. The van der Waals surface area contributed by atoms with Gasteiger partial charge in [-0.05, 0) is 61.4 Å². The number of rotatable bonds is 5. The van der Waals surface area contributed by atoms with E-state index in [-0.39, 0.29) is 23.9 Å². The van der Waals surface area contributed by atoms with Gasteiger partial charge in [-0.15, -0.1) is 0 Å². The molecule has 2 fully saturated rings. The maximum Gasteiger partial charge on any atom is 0.415 e. The van der Waals surface area contributed by atoms with Gasteiger partial charge in [-0.2, -0.15) is 9.59 Å². The molecule has 1 spiro atoms. The van der Waals surface area contributed by atoms with Crippen LogP contribution in [0.1, 0.15) is 38.3 Å². The van der Waals surface area contributed by atoms with E-state index in [1.165, 1.54) is 6.07 Å². The minimum absolute atomic E-state index is 0.0324. The SMILES string of the molecule is CC(C)n1cc(CN2CCC3(CC2)CN(c2ccccc2)C(=O)O3)c2cc(-c3ccc(F)c(F)c3F)ccc21.O=C=O. The molecule has 2 saturated heterocycles. The highest BCUT2D eigenvalue weighted by Crippen LogP contribution is 2.37. The average Bonchev–Trinajstić information content (AvgIpc) is 3.51. The van der Waals surface area contributed by atoms with E-state index >= 15 is 0 Å². The van der Waals surface area contributed by atoms with Gasteiger partial charge in [0, 0.05) is 66.9 Å². The lowest BCUT2D eigenvalue weighted by Gasteiger charge is -2.37. The topological polar surface area (TPSA) is 71.8 Å². The van der Waals surface area contributed by atoms with E-state index in [2.05, 4.69) is 29.5 Å². The van der Waals surface area contributed by atoms with Crippen molar-refractivity contribution >= 4 is 28.8 Å². The molecule has 0 N–H and O–H groups in total. The van der Waals surface area contributed by atoms with Crippen LogP contribution < -0.4 is 4.90 Å². The quantitative estimate of drug-likeness (QED) is 0.247. The summed E-state index contributed by atoms with van der Waals surface area (Å²) in [6.45, 7) is 6.95. The van der Waals surface area contributed by atoms with E-state index in [9.17, 15) is 18.0 Å². The van der Waals surface area contributed by atoms with Gasteiger partial charge in [0.05, 0.1) is 6.54 Å². The number of amides is 1. The minimum Gasteiger partial charge on any atom is -0.441 e. The number of hydrogen-bond donors (Lipinski definition) is 0. The maximum absolute atomic E-state index is 14.6. The van der Waals surface area contributed by atoms with Crippen LogP contribution in [0.4, 0.5) is 23.7 Å². The molecular weight excluding hydrogens is 547 g/mol. The molecule has 0 aliphatic carbocycles. The normalized spacial score (nSPS) is 16.4. The molecule has 1 aromatic heterocycles. The fourth-order valence-corrected chi connectivity index (χ4v) is 5.84. The van der Waals surface area contributed by atoms with E-state index in [0.29, 0.717) is 18.7 Å². The van der Waals surface area contributed by atoms with Crippen molar-refractivity contribution in [3.63, 3.8) is 0 Å². The number of para-hydroxylation sites is 1. The van der Waals surface area contributed by atoms with Gasteiger partial charge in [-0.1, -0.05) is 24.3 Å². The lowest BCUT2D eigenvalue weighted by Crippen LogP contribution is -2.46. The molecule has 4 aromatic rings. The first-order valence-corrected chi connectivity index (χ1v) is 13.7. The third-order valence-electron chi connectivity index (χ3n) is 8.02. The van der Waals surface area contributed by atoms with Gasteiger partial charge < -0.3 is 9.30 Å². The van der Waals surface area contributed by atoms with E-state index in [1.54, 1.807) is 11.0 Å². The number of carbonyl (C=O) groups is 1. The Balaban J connectivity index is 0.00000113. The third-order valence-corrected chi connectivity index (χ3v) is 8.02. The summed E-state index contributed by atoms with van der Waals surface area (Å²) in [5.74, 6) is -3.85. The van der Waals surface area contributed by atoms with Crippen LogP contribution in [0.3, 0.4) is 0 Å². The third kappa shape index (κ3) is 5.55. The molecule has 0 bridgehead atoms. The first-order chi connectivity index (χ1) is 20.2. The zero-order chi connectivity index (χ0) is 30.0. The summed E-state index contributed by atoms with van der Waals surface area (Å²) < 4.78 is 50.2. The van der Waals surface area contributed by atoms with Gasteiger partial charge in [0.1, 0.15) is 5.60 Å². The van der Waals surface area contributed by atoms with Gasteiger partial charge >= 0.3 is 12.2 Å². The Labute approximate surface area is 241 Å². The Morgan fingerprint density at radius 2 is 1.64 bits per heavy atom. The number of hydrogen-bond acceptors (Lipinski definition) is 5. The Morgan fingerprint density at radius 1 is 0.952 bits per heavy atom. The number of anilines is 1. The summed E-state index contributed by atoms with van der Waals surface area (Å²) in [5, 5.41) is 0.952. The second-order valence-electron chi connectivity index (χ2n) is 10.9. The molecule has 0 radical (unpaired) electrons. The van der Waals surface area contributed by atoms with Crippen molar-refractivity contribution in [2.75, 3.05) is 24.5 Å². The second-order valence-corrected chi connectivity index (χ2v) is 10.9. The van der Waals surface area contributed by atoms with Crippen molar-refractivity contribution in [1.29, 1.82) is 0 Å². The van der Waals surface area contributed by atoms with E-state index in [1.807, 2.05) is 42.5 Å². The molecule has 3 heterocycles. The van der Waals surface area contributed by atoms with Gasteiger partial charge in [-0.25, -0.2) is 18.0 Å². The molecule has 42 heavy (non-hydrogen) atoms. The fraction of sp³-hybridized carbons (Fsp3) is 0.312. The zero-order valence-corrected chi connectivity index (χ0v) is 23.3. The van der Waals surface area contributed by atoms with Gasteiger partial charge in [0.25, 0.3) is 0 Å². The smallest absolute Gasteiger partial charge is 0.415 e. The van der Waals surface area contributed by atoms with Gasteiger partial charge in [-0.3, -0.25) is 9.80 Å². The van der Waals surface area contributed by atoms with E-state index in [0.717, 1.165) is 54.2 Å². The highest BCUT2D eigenvalue weighted by molar-refractivity contribution is 5.90. The molecule has 3 aromatic carbocycles. The molecule has 1 amide bonds. The molecule has 7 nitrogen and oxygen atoms in total. The molecule has 0 atom stereocenters. The summed E-state index contributed by atoms with van der Waals surface area (Å²) >= 11 is 0. The monoisotopic (exact) mass is 577 g/mol. The predicted octanol–water partition coefficient (Wildman–Crippen LogP) is 6.71. The number of carbonyl (C=O) groups excluding carboxylic acids is 3. The predicted molar refractivity (Wildman–Crippen MR) is 150 cm³/mol. The van der Waals surface area contributed by atoms with Crippen LogP contribution in [-0.4, -0.2) is 46.9 Å². The van der Waals surface area contributed by atoms with Crippen LogP contribution in [0.25, 0.3) is 22.0 Å². The average molecular weight is 578 g/mol. The van der Waals surface area contributed by atoms with Crippen molar-refractivity contribution < 1.29 is 32.3 Å². The molecule has 0 unspecified atom stereocenters. The van der Waals surface area contributed by atoms with Crippen molar-refractivity contribution in [2.24, 2.45) is 0 Å². The second kappa shape index (κ2) is 11.8. The molecule has 10 heteroatoms. The number of benzene rings is 3. The number of ether oxygens (including phenoxy) is 1. The van der Waals surface area contributed by atoms with E-state index in [4.69, 9.17) is 14.3 Å². The number of aromatic nitrogens is 1. The Hall–Kier alpha value is -4.40. The summed E-state index contributed by atoms with van der Waals surface area (Å²) in [6, 6.07) is 17.5. The van der Waals surface area contributed by atoms with Gasteiger partial charge in [0.15, 0.2) is 17.5 Å². The summed E-state index contributed by atoms with van der Waals surface area (Å²) in [4.78, 5) is 33.0. The van der Waals surface area contributed by atoms with Crippen molar-refractivity contribution in [3.8, 4) is 11.1 Å². The maximum atomic E-state index is 14.6. The van der Waals surface area contributed by atoms with Crippen molar-refractivity contribution in [3.05, 3.63) is 89.9 Å². The fourth-order valence-electron chi connectivity index (χ4n) is 5.84. The zero-order valence-electron chi connectivity index (χ0n) is 23.3. The highest BCUT2D eigenvalue weighted by atomic mass is 19.2. The number of fused-ring (bicyclic) bond motifs is 1. The number of piperidine rings is 1. The summed E-state index contributed by atoms with van der Waals surface area (Å²) in [7, 11) is 0. The van der Waals surface area contributed by atoms with Crippen molar-refractivity contribution in [2.45, 2.75) is 44.9 Å². The number of nitrogens with zero attached hydrogens (tertiary/aromatic N) is 3. The Bertz CT molecular complexity index is 1640. The first-order valence-electron chi connectivity index (χ1n) is 13.7. The number of likely N-dealkylation sites (tertiary alicyclic amines) is 1. The standard InChI is InChI=1S/C31H30F3N3O2.CO2/c1-20(2)36-18-22(25-16-21(8-11-27(25)36)24-9-10-26(32)29(34)28(24)33)17-35-14-12-31(13-15-35)19-37(30(38)39-31)23-6-4-3-5-7-23;2-1-3/h3-11,16,18,20H,12-15,17,19H2,1-2H3;. The van der Waals surface area contributed by atoms with Crippen LogP contribution in [0.5, 0.6) is 0 Å². The lowest BCUT2D eigenvalue weighted by atomic mass is 9.91. The number of halogens is 3. The minimum atomic E-state index is -1.46. The molecule has 0 saturated carbocycles. The van der Waals surface area contributed by atoms with Gasteiger partial charge in [0.2, 0.25) is 0 Å². The summed E-state index contributed by atoms with van der Waals surface area (Å²) in [6.07, 6.45) is 3.54. The molecule has 218 valence electrons. The van der Waals surface area contributed by atoms with Crippen LogP contribution in [-0.2, 0) is 20.9 Å². The van der Waals surface area contributed by atoms with Crippen molar-refractivity contribution in [1.82, 2.24) is 9.47 Å². The van der Waals surface area contributed by atoms with Crippen LogP contribution >= 0.6 is 0 Å². The van der Waals surface area contributed by atoms with E-state index < -0.39 is 23.1 Å². The largest absolute Gasteiger partial charge is 0.441 e. The van der Waals surface area contributed by atoms with Crippen LogP contribution in [0.15, 0.2) is 66.9 Å². The Kier molecular flexibility index (Phi) is 8.20. The van der Waals surface area contributed by atoms with Crippen LogP contribution in [0.2, 0.25) is 0 Å². The highest BCUT2D eigenvalue weighted by Gasteiger charge is 2.47. The molecule has 2 aliphatic heterocycles. The first kappa shape index (κ1) is 29.1. The molecular formula is C32H30F3N3O4. The summed E-state index contributed by atoms with van der Waals surface area (Å²) in [5.41, 5.74) is 2.96. The molecule has 2 aliphatic rings. The van der Waals surface area contributed by atoms with Crippen LogP contribution in [0, 0.1) is 17.5 Å².